The molecule has 1 aromatic heterocycles. The Morgan fingerprint density at radius 3 is 2.56 bits per heavy atom. The number of nitrogens with zero attached hydrogens (tertiary/aromatic N) is 3. The summed E-state index contributed by atoms with van der Waals surface area (Å²) in [5, 5.41) is 3.69. The Morgan fingerprint density at radius 1 is 1.19 bits per heavy atom. The van der Waals surface area contributed by atoms with E-state index < -0.39 is 6.04 Å². The highest BCUT2D eigenvalue weighted by molar-refractivity contribution is 5.91. The third-order valence-corrected chi connectivity index (χ3v) is 4.24. The molecule has 3 rings (SSSR count). The molecule has 0 fully saturated rings. The molecule has 0 aliphatic heterocycles. The standard InChI is InChI=1S/C20H23N5O2/c1-13(21)20(26)22-12-18-23-17-7-5-4-6-16(17)19(24-18)25(2)14-8-10-15(27-3)11-9-14/h4-11,13H,12,21H2,1-3H3,(H,22,26)/t13-/m1/s1. The van der Waals surface area contributed by atoms with Crippen LogP contribution in [0.3, 0.4) is 0 Å². The Morgan fingerprint density at radius 2 is 1.89 bits per heavy atom. The molecular weight excluding hydrogens is 342 g/mol. The summed E-state index contributed by atoms with van der Waals surface area (Å²) in [7, 11) is 3.58. The van der Waals surface area contributed by atoms with Crippen molar-refractivity contribution in [2.75, 3.05) is 19.1 Å². The summed E-state index contributed by atoms with van der Waals surface area (Å²) in [5.41, 5.74) is 7.37. The van der Waals surface area contributed by atoms with Crippen LogP contribution < -0.4 is 20.7 Å². The number of ether oxygens (including phenoxy) is 1. The van der Waals surface area contributed by atoms with Gasteiger partial charge in [-0.2, -0.15) is 0 Å². The zero-order chi connectivity index (χ0) is 19.4. The Kier molecular flexibility index (Phi) is 5.52. The first-order valence-corrected chi connectivity index (χ1v) is 8.66. The second-order valence-electron chi connectivity index (χ2n) is 6.24. The summed E-state index contributed by atoms with van der Waals surface area (Å²) >= 11 is 0. The van der Waals surface area contributed by atoms with Crippen molar-refractivity contribution in [3.05, 3.63) is 54.4 Å². The summed E-state index contributed by atoms with van der Waals surface area (Å²) in [6.07, 6.45) is 0. The summed E-state index contributed by atoms with van der Waals surface area (Å²) < 4.78 is 5.22. The van der Waals surface area contributed by atoms with Crippen LogP contribution in [0.25, 0.3) is 10.9 Å². The largest absolute Gasteiger partial charge is 0.497 e. The average molecular weight is 365 g/mol. The van der Waals surface area contributed by atoms with Gasteiger partial charge in [0.1, 0.15) is 11.6 Å². The molecule has 7 nitrogen and oxygen atoms in total. The number of fused-ring (bicyclic) bond motifs is 1. The molecule has 1 amide bonds. The molecule has 140 valence electrons. The summed E-state index contributed by atoms with van der Waals surface area (Å²) in [4.78, 5) is 23.0. The smallest absolute Gasteiger partial charge is 0.237 e. The SMILES string of the molecule is COc1ccc(N(C)c2nc(CNC(=O)[C@@H](C)N)nc3ccccc23)cc1. The predicted octanol–water partition coefficient (Wildman–Crippen LogP) is 2.37. The van der Waals surface area contributed by atoms with Crippen LogP contribution in [0.4, 0.5) is 11.5 Å². The molecule has 2 aromatic carbocycles. The number of methoxy groups -OCH3 is 1. The molecule has 0 bridgehead atoms. The van der Waals surface area contributed by atoms with Gasteiger partial charge in [-0.25, -0.2) is 9.97 Å². The number of benzene rings is 2. The van der Waals surface area contributed by atoms with Gasteiger partial charge in [0.2, 0.25) is 5.91 Å². The molecule has 0 unspecified atom stereocenters. The quantitative estimate of drug-likeness (QED) is 0.697. The van der Waals surface area contributed by atoms with E-state index in [9.17, 15) is 4.79 Å². The maximum atomic E-state index is 11.8. The number of rotatable bonds is 6. The first-order chi connectivity index (χ1) is 13.0. The second-order valence-corrected chi connectivity index (χ2v) is 6.24. The van der Waals surface area contributed by atoms with Crippen LogP contribution in [-0.2, 0) is 11.3 Å². The van der Waals surface area contributed by atoms with Gasteiger partial charge in [-0.1, -0.05) is 12.1 Å². The van der Waals surface area contributed by atoms with E-state index in [-0.39, 0.29) is 12.5 Å². The first-order valence-electron chi connectivity index (χ1n) is 8.66. The summed E-state index contributed by atoms with van der Waals surface area (Å²) in [6, 6.07) is 14.9. The Balaban J connectivity index is 1.97. The molecule has 0 saturated carbocycles. The highest BCUT2D eigenvalue weighted by Gasteiger charge is 2.14. The van der Waals surface area contributed by atoms with E-state index in [4.69, 9.17) is 10.5 Å². The Hall–Kier alpha value is -3.19. The van der Waals surface area contributed by atoms with Gasteiger partial charge in [0.25, 0.3) is 0 Å². The van der Waals surface area contributed by atoms with E-state index in [0.717, 1.165) is 28.2 Å². The molecule has 3 N–H and O–H groups in total. The number of aromatic nitrogens is 2. The summed E-state index contributed by atoms with van der Waals surface area (Å²) in [6.45, 7) is 1.86. The molecule has 1 atom stereocenters. The van der Waals surface area contributed by atoms with Crippen LogP contribution in [-0.4, -0.2) is 36.1 Å². The molecule has 0 spiro atoms. The zero-order valence-electron chi connectivity index (χ0n) is 15.6. The maximum Gasteiger partial charge on any atom is 0.237 e. The van der Waals surface area contributed by atoms with Gasteiger partial charge in [0.05, 0.1) is 25.2 Å². The van der Waals surface area contributed by atoms with Crippen molar-refractivity contribution in [2.45, 2.75) is 19.5 Å². The number of nitrogens with two attached hydrogens (primary N) is 1. The fraction of sp³-hybridized carbons (Fsp3) is 0.250. The van der Waals surface area contributed by atoms with Gasteiger partial charge < -0.3 is 20.7 Å². The van der Waals surface area contributed by atoms with E-state index in [1.807, 2.05) is 60.5 Å². The number of para-hydroxylation sites is 1. The molecule has 27 heavy (non-hydrogen) atoms. The van der Waals surface area contributed by atoms with E-state index >= 15 is 0 Å². The van der Waals surface area contributed by atoms with Gasteiger partial charge in [-0.15, -0.1) is 0 Å². The molecule has 0 aliphatic rings. The van der Waals surface area contributed by atoms with E-state index in [1.54, 1.807) is 14.0 Å². The fourth-order valence-electron chi connectivity index (χ4n) is 2.70. The second kappa shape index (κ2) is 8.01. The minimum absolute atomic E-state index is 0.217. The van der Waals surface area contributed by atoms with Gasteiger partial charge in [-0.3, -0.25) is 4.79 Å². The van der Waals surface area contributed by atoms with Crippen molar-refractivity contribution in [2.24, 2.45) is 5.73 Å². The molecule has 3 aromatic rings. The number of hydrogen-bond acceptors (Lipinski definition) is 6. The van der Waals surface area contributed by atoms with E-state index in [1.165, 1.54) is 0 Å². The van der Waals surface area contributed by atoms with Crippen molar-refractivity contribution in [3.8, 4) is 5.75 Å². The highest BCUT2D eigenvalue weighted by atomic mass is 16.5. The monoisotopic (exact) mass is 365 g/mol. The van der Waals surface area contributed by atoms with Gasteiger partial charge in [-0.05, 0) is 43.3 Å². The molecular formula is C20H23N5O2. The third kappa shape index (κ3) is 4.15. The molecule has 0 saturated heterocycles. The number of carbonyl (C=O) groups is 1. The number of carbonyl (C=O) groups excluding carboxylic acids is 1. The molecule has 1 heterocycles. The van der Waals surface area contributed by atoms with Gasteiger partial charge in [0, 0.05) is 18.1 Å². The lowest BCUT2D eigenvalue weighted by molar-refractivity contribution is -0.122. The number of hydrogen-bond donors (Lipinski definition) is 2. The van der Waals surface area contributed by atoms with Crippen LogP contribution >= 0.6 is 0 Å². The van der Waals surface area contributed by atoms with Crippen LogP contribution in [0, 0.1) is 0 Å². The molecule has 0 radical (unpaired) electrons. The topological polar surface area (TPSA) is 93.4 Å². The number of amides is 1. The van der Waals surface area contributed by atoms with Crippen LogP contribution in [0.1, 0.15) is 12.7 Å². The fourth-order valence-corrected chi connectivity index (χ4v) is 2.70. The normalized spacial score (nSPS) is 11.9. The van der Waals surface area contributed by atoms with Crippen LogP contribution in [0.15, 0.2) is 48.5 Å². The molecule has 7 heteroatoms. The Bertz CT molecular complexity index is 941. The Labute approximate surface area is 158 Å². The average Bonchev–Trinajstić information content (AvgIpc) is 2.70. The zero-order valence-corrected chi connectivity index (χ0v) is 15.6. The molecule has 0 aliphatic carbocycles. The summed E-state index contributed by atoms with van der Waals surface area (Å²) in [5.74, 6) is 1.84. The van der Waals surface area contributed by atoms with Crippen molar-refractivity contribution in [1.82, 2.24) is 15.3 Å². The first kappa shape index (κ1) is 18.6. The van der Waals surface area contributed by atoms with E-state index in [0.29, 0.717) is 5.82 Å². The predicted molar refractivity (Wildman–Crippen MR) is 106 cm³/mol. The van der Waals surface area contributed by atoms with Gasteiger partial charge >= 0.3 is 0 Å². The van der Waals surface area contributed by atoms with Crippen molar-refractivity contribution < 1.29 is 9.53 Å². The van der Waals surface area contributed by atoms with E-state index in [2.05, 4.69) is 15.3 Å². The van der Waals surface area contributed by atoms with Crippen molar-refractivity contribution in [1.29, 1.82) is 0 Å². The van der Waals surface area contributed by atoms with Crippen LogP contribution in [0.5, 0.6) is 5.75 Å². The minimum atomic E-state index is -0.577. The minimum Gasteiger partial charge on any atom is -0.497 e. The third-order valence-electron chi connectivity index (χ3n) is 4.24. The van der Waals surface area contributed by atoms with Crippen molar-refractivity contribution in [3.63, 3.8) is 0 Å². The highest BCUT2D eigenvalue weighted by Crippen LogP contribution is 2.29. The lowest BCUT2D eigenvalue weighted by atomic mass is 10.2. The van der Waals surface area contributed by atoms with Crippen molar-refractivity contribution >= 4 is 28.3 Å². The maximum absolute atomic E-state index is 11.8. The lowest BCUT2D eigenvalue weighted by Gasteiger charge is -2.21. The lowest BCUT2D eigenvalue weighted by Crippen LogP contribution is -2.38. The number of anilines is 2. The van der Waals surface area contributed by atoms with Gasteiger partial charge in [0.15, 0.2) is 5.82 Å². The number of nitrogens with one attached hydrogen (secondary N) is 1. The van der Waals surface area contributed by atoms with Crippen LogP contribution in [0.2, 0.25) is 0 Å².